The molecule has 2 aromatic heterocycles. The van der Waals surface area contributed by atoms with Crippen molar-refractivity contribution in [3.05, 3.63) is 81.7 Å². The standard InChI is InChI=1S/C29H28Cl2N6O/c1-17(33-22-5-3-4-6-22)20-12-26(31)34-27(13-20)37-15-19-8-7-18(11-24(19)29(37)38)23-10-9-21(30)14-25(23)28-35-32-16-36(28)2/h7-14,16-17,22,33H,3-6,15H2,1-2H3. The molecular formula is C29H28Cl2N6O. The van der Waals surface area contributed by atoms with E-state index in [1.54, 1.807) is 11.2 Å². The Morgan fingerprint density at radius 2 is 1.82 bits per heavy atom. The van der Waals surface area contributed by atoms with E-state index in [4.69, 9.17) is 23.2 Å². The van der Waals surface area contributed by atoms with Crippen molar-refractivity contribution in [2.45, 2.75) is 51.2 Å². The lowest BCUT2D eigenvalue weighted by atomic mass is 9.96. The molecule has 6 rings (SSSR count). The van der Waals surface area contributed by atoms with Gasteiger partial charge < -0.3 is 9.88 Å². The molecule has 1 aliphatic heterocycles. The van der Waals surface area contributed by atoms with E-state index in [1.807, 2.05) is 60.1 Å². The van der Waals surface area contributed by atoms with Crippen molar-refractivity contribution >= 4 is 34.9 Å². The van der Waals surface area contributed by atoms with Gasteiger partial charge in [-0.25, -0.2) is 4.98 Å². The first-order chi connectivity index (χ1) is 18.4. The second-order valence-corrected chi connectivity index (χ2v) is 11.0. The van der Waals surface area contributed by atoms with Gasteiger partial charge in [0.15, 0.2) is 5.82 Å². The highest BCUT2D eigenvalue weighted by atomic mass is 35.5. The highest BCUT2D eigenvalue weighted by Crippen LogP contribution is 2.37. The van der Waals surface area contributed by atoms with E-state index in [0.29, 0.717) is 40.0 Å². The lowest BCUT2D eigenvalue weighted by Gasteiger charge is -2.22. The predicted molar refractivity (Wildman–Crippen MR) is 150 cm³/mol. The molecule has 4 aromatic rings. The Morgan fingerprint density at radius 3 is 2.58 bits per heavy atom. The van der Waals surface area contributed by atoms with Crippen LogP contribution in [0.2, 0.25) is 10.2 Å². The normalized spacial score (nSPS) is 16.3. The molecule has 2 aliphatic rings. The topological polar surface area (TPSA) is 75.9 Å². The monoisotopic (exact) mass is 546 g/mol. The van der Waals surface area contributed by atoms with Crippen molar-refractivity contribution < 1.29 is 4.79 Å². The van der Waals surface area contributed by atoms with E-state index >= 15 is 0 Å². The summed E-state index contributed by atoms with van der Waals surface area (Å²) in [6.07, 6.45) is 6.59. The number of aromatic nitrogens is 4. The fourth-order valence-corrected chi connectivity index (χ4v) is 5.95. The zero-order valence-corrected chi connectivity index (χ0v) is 22.8. The number of hydrogen-bond acceptors (Lipinski definition) is 5. The molecule has 7 nitrogen and oxygen atoms in total. The average Bonchev–Trinajstić information content (AvgIpc) is 3.64. The summed E-state index contributed by atoms with van der Waals surface area (Å²) in [7, 11) is 1.89. The SMILES string of the molecule is CC(NC1CCCC1)c1cc(Cl)nc(N2Cc3ccc(-c4ccc(Cl)cc4-c4nncn4C)cc3C2=O)c1. The number of nitrogens with zero attached hydrogens (tertiary/aromatic N) is 5. The van der Waals surface area contributed by atoms with Gasteiger partial charge in [0, 0.05) is 35.3 Å². The van der Waals surface area contributed by atoms with Crippen LogP contribution < -0.4 is 10.2 Å². The number of nitrogens with one attached hydrogen (secondary N) is 1. The molecule has 1 fully saturated rings. The fourth-order valence-electron chi connectivity index (χ4n) is 5.57. The Hall–Kier alpha value is -3.26. The van der Waals surface area contributed by atoms with Crippen LogP contribution in [0, 0.1) is 0 Å². The van der Waals surface area contributed by atoms with Crippen LogP contribution in [0.4, 0.5) is 5.82 Å². The Balaban J connectivity index is 1.31. The van der Waals surface area contributed by atoms with Crippen molar-refractivity contribution in [2.24, 2.45) is 7.05 Å². The van der Waals surface area contributed by atoms with Crippen LogP contribution in [-0.2, 0) is 13.6 Å². The van der Waals surface area contributed by atoms with Gasteiger partial charge >= 0.3 is 0 Å². The first kappa shape index (κ1) is 25.0. The van der Waals surface area contributed by atoms with E-state index in [0.717, 1.165) is 27.8 Å². The largest absolute Gasteiger partial charge is 0.317 e. The van der Waals surface area contributed by atoms with Crippen LogP contribution in [0.15, 0.2) is 54.9 Å². The third kappa shape index (κ3) is 4.70. The van der Waals surface area contributed by atoms with Crippen LogP contribution in [0.3, 0.4) is 0 Å². The number of aryl methyl sites for hydroxylation is 1. The molecule has 1 atom stereocenters. The van der Waals surface area contributed by atoms with Gasteiger partial charge in [0.05, 0.1) is 6.54 Å². The minimum absolute atomic E-state index is 0.0897. The Bertz CT molecular complexity index is 1530. The Labute approximate surface area is 231 Å². The van der Waals surface area contributed by atoms with E-state index in [2.05, 4.69) is 27.4 Å². The number of pyridine rings is 1. The molecule has 0 radical (unpaired) electrons. The predicted octanol–water partition coefficient (Wildman–Crippen LogP) is 6.60. The van der Waals surface area contributed by atoms with Gasteiger partial charge in [-0.3, -0.25) is 9.69 Å². The molecule has 1 unspecified atom stereocenters. The average molecular weight is 547 g/mol. The zero-order chi connectivity index (χ0) is 26.4. The second kappa shape index (κ2) is 10.1. The second-order valence-electron chi connectivity index (χ2n) is 10.2. The van der Waals surface area contributed by atoms with Crippen molar-refractivity contribution in [2.75, 3.05) is 4.90 Å². The maximum Gasteiger partial charge on any atom is 0.260 e. The first-order valence-corrected chi connectivity index (χ1v) is 13.7. The smallest absolute Gasteiger partial charge is 0.260 e. The van der Waals surface area contributed by atoms with Crippen molar-refractivity contribution in [1.29, 1.82) is 0 Å². The number of amides is 1. The molecule has 1 aliphatic carbocycles. The summed E-state index contributed by atoms with van der Waals surface area (Å²) >= 11 is 12.8. The molecule has 2 aromatic carbocycles. The quantitative estimate of drug-likeness (QED) is 0.275. The number of halogens is 2. The highest BCUT2D eigenvalue weighted by Gasteiger charge is 2.31. The molecule has 3 heterocycles. The van der Waals surface area contributed by atoms with Crippen LogP contribution in [0.5, 0.6) is 0 Å². The molecule has 1 N–H and O–H groups in total. The molecule has 194 valence electrons. The molecule has 9 heteroatoms. The maximum absolute atomic E-state index is 13.7. The lowest BCUT2D eigenvalue weighted by Crippen LogP contribution is -2.29. The van der Waals surface area contributed by atoms with Crippen molar-refractivity contribution in [3.63, 3.8) is 0 Å². The number of hydrogen-bond donors (Lipinski definition) is 1. The summed E-state index contributed by atoms with van der Waals surface area (Å²) in [5.41, 5.74) is 5.32. The van der Waals surface area contributed by atoms with Crippen LogP contribution in [0.25, 0.3) is 22.5 Å². The fraction of sp³-hybridized carbons (Fsp3) is 0.310. The van der Waals surface area contributed by atoms with E-state index < -0.39 is 0 Å². The molecule has 0 bridgehead atoms. The van der Waals surface area contributed by atoms with Crippen molar-refractivity contribution in [3.8, 4) is 22.5 Å². The van der Waals surface area contributed by atoms with E-state index in [9.17, 15) is 4.79 Å². The van der Waals surface area contributed by atoms with Gasteiger partial charge in [0.1, 0.15) is 17.3 Å². The Kier molecular flexibility index (Phi) is 6.68. The lowest BCUT2D eigenvalue weighted by molar-refractivity contribution is 0.0996. The van der Waals surface area contributed by atoms with Gasteiger partial charge in [-0.2, -0.15) is 0 Å². The summed E-state index contributed by atoms with van der Waals surface area (Å²) in [5.74, 6) is 1.18. The summed E-state index contributed by atoms with van der Waals surface area (Å²) in [6, 6.07) is 16.2. The van der Waals surface area contributed by atoms with Gasteiger partial charge in [-0.05, 0) is 72.4 Å². The van der Waals surface area contributed by atoms with Crippen LogP contribution in [0.1, 0.15) is 60.1 Å². The van der Waals surface area contributed by atoms with E-state index in [1.165, 1.54) is 25.7 Å². The molecular weight excluding hydrogens is 519 g/mol. The number of carbonyl (C=O) groups is 1. The van der Waals surface area contributed by atoms with Crippen LogP contribution in [-0.4, -0.2) is 31.7 Å². The molecule has 0 spiro atoms. The minimum Gasteiger partial charge on any atom is -0.317 e. The third-order valence-corrected chi connectivity index (χ3v) is 8.01. The highest BCUT2D eigenvalue weighted by molar-refractivity contribution is 6.31. The minimum atomic E-state index is -0.0897. The number of rotatable bonds is 6. The molecule has 38 heavy (non-hydrogen) atoms. The number of anilines is 1. The first-order valence-electron chi connectivity index (χ1n) is 12.9. The Morgan fingerprint density at radius 1 is 1.00 bits per heavy atom. The number of benzene rings is 2. The molecule has 1 saturated carbocycles. The summed E-state index contributed by atoms with van der Waals surface area (Å²) in [6.45, 7) is 2.59. The van der Waals surface area contributed by atoms with Crippen molar-refractivity contribution in [1.82, 2.24) is 25.1 Å². The van der Waals surface area contributed by atoms with Crippen LogP contribution >= 0.6 is 23.2 Å². The molecule has 1 amide bonds. The van der Waals surface area contributed by atoms with Gasteiger partial charge in [-0.15, -0.1) is 10.2 Å². The van der Waals surface area contributed by atoms with Gasteiger partial charge in [-0.1, -0.05) is 54.2 Å². The third-order valence-electron chi connectivity index (χ3n) is 7.58. The zero-order valence-electron chi connectivity index (χ0n) is 21.3. The van der Waals surface area contributed by atoms with Gasteiger partial charge in [0.25, 0.3) is 5.91 Å². The van der Waals surface area contributed by atoms with Gasteiger partial charge in [0.2, 0.25) is 0 Å². The molecule has 0 saturated heterocycles. The summed E-state index contributed by atoms with van der Waals surface area (Å²) < 4.78 is 1.85. The summed E-state index contributed by atoms with van der Waals surface area (Å²) in [5, 5.41) is 13.0. The maximum atomic E-state index is 13.7. The number of carbonyl (C=O) groups excluding carboxylic acids is 1. The number of fused-ring (bicyclic) bond motifs is 1. The summed E-state index contributed by atoms with van der Waals surface area (Å²) in [4.78, 5) is 19.9. The van der Waals surface area contributed by atoms with E-state index in [-0.39, 0.29) is 11.9 Å².